The number of H-pyrrole nitrogens is 1. The molecule has 9 nitrogen and oxygen atoms in total. The van der Waals surface area contributed by atoms with Crippen LogP contribution in [-0.4, -0.2) is 34.8 Å². The van der Waals surface area contributed by atoms with E-state index in [0.29, 0.717) is 27.9 Å². The Morgan fingerprint density at radius 2 is 1.73 bits per heavy atom. The molecule has 6 rings (SSSR count). The predicted molar refractivity (Wildman–Crippen MR) is 157 cm³/mol. The van der Waals surface area contributed by atoms with Crippen LogP contribution in [-0.2, 0) is 18.2 Å². The van der Waals surface area contributed by atoms with Gasteiger partial charge in [0.15, 0.2) is 5.60 Å². The fraction of sp³-hybridized carbons (Fsp3) is 0.152. The number of nitriles is 2. The second kappa shape index (κ2) is 11.0. The van der Waals surface area contributed by atoms with Crippen LogP contribution in [0, 0.1) is 36.5 Å². The van der Waals surface area contributed by atoms with Gasteiger partial charge in [0.1, 0.15) is 29.4 Å². The lowest BCUT2D eigenvalue weighted by atomic mass is 9.82. The zero-order chi connectivity index (χ0) is 31.9. The number of aliphatic hydroxyl groups is 1. The number of rotatable bonds is 6. The standard InChI is InChI=1S/C33H23F3N8O/c1-19-12-23(32(45,30-18-39-20(2)42-30)22-6-9-29(40-17-22)33(34,35)36)14-26-27(15-37)25(28(16-38)43-31(19)26)13-21-4-7-24(8-5-21)44-11-3-10-41-44/h3-12,14,17-18,45H,13H2,1-2H3,(H,39,42). The Balaban J connectivity index is 1.52. The monoisotopic (exact) mass is 604 g/mol. The maximum atomic E-state index is 13.3. The number of pyridine rings is 2. The minimum Gasteiger partial charge on any atom is -0.374 e. The molecule has 0 aliphatic carbocycles. The summed E-state index contributed by atoms with van der Waals surface area (Å²) >= 11 is 0. The molecule has 0 spiro atoms. The third-order valence-corrected chi connectivity index (χ3v) is 7.67. The lowest BCUT2D eigenvalue weighted by Crippen LogP contribution is -2.30. The summed E-state index contributed by atoms with van der Waals surface area (Å²) in [5.74, 6) is 0.472. The number of hydrogen-bond donors (Lipinski definition) is 2. The molecule has 4 aromatic heterocycles. The second-order valence-electron chi connectivity index (χ2n) is 10.5. The van der Waals surface area contributed by atoms with Crippen LogP contribution in [0.1, 0.15) is 56.3 Å². The second-order valence-corrected chi connectivity index (χ2v) is 10.5. The van der Waals surface area contributed by atoms with Crippen LogP contribution < -0.4 is 0 Å². The quantitative estimate of drug-likeness (QED) is 0.245. The summed E-state index contributed by atoms with van der Waals surface area (Å²) in [7, 11) is 0. The van der Waals surface area contributed by atoms with E-state index in [9.17, 15) is 28.8 Å². The number of alkyl halides is 3. The molecule has 0 radical (unpaired) electrons. The van der Waals surface area contributed by atoms with Gasteiger partial charge >= 0.3 is 6.18 Å². The molecule has 0 fully saturated rings. The molecule has 0 aliphatic heterocycles. The van der Waals surface area contributed by atoms with Crippen molar-refractivity contribution in [3.8, 4) is 17.8 Å². The molecule has 0 saturated carbocycles. The minimum atomic E-state index is -4.66. The summed E-state index contributed by atoms with van der Waals surface area (Å²) in [4.78, 5) is 15.4. The van der Waals surface area contributed by atoms with E-state index in [-0.39, 0.29) is 34.5 Å². The average molecular weight is 605 g/mol. The normalized spacial score (nSPS) is 12.9. The first-order valence-corrected chi connectivity index (χ1v) is 13.7. The molecule has 4 heterocycles. The summed E-state index contributed by atoms with van der Waals surface area (Å²) in [5, 5.41) is 37.4. The third kappa shape index (κ3) is 5.18. The van der Waals surface area contributed by atoms with Crippen molar-refractivity contribution in [2.45, 2.75) is 32.0 Å². The van der Waals surface area contributed by atoms with Crippen molar-refractivity contribution in [2.24, 2.45) is 0 Å². The van der Waals surface area contributed by atoms with Gasteiger partial charge in [0.25, 0.3) is 0 Å². The molecule has 0 amide bonds. The molecule has 0 aliphatic rings. The lowest BCUT2D eigenvalue weighted by molar-refractivity contribution is -0.141. The Morgan fingerprint density at radius 1 is 0.956 bits per heavy atom. The van der Waals surface area contributed by atoms with Crippen molar-refractivity contribution in [1.82, 2.24) is 29.7 Å². The highest BCUT2D eigenvalue weighted by Crippen LogP contribution is 2.40. The number of halogens is 3. The predicted octanol–water partition coefficient (Wildman–Crippen LogP) is 5.79. The molecule has 0 saturated heterocycles. The Morgan fingerprint density at radius 3 is 2.31 bits per heavy atom. The molecule has 0 bridgehead atoms. The van der Waals surface area contributed by atoms with Gasteiger partial charge in [-0.25, -0.2) is 14.6 Å². The van der Waals surface area contributed by atoms with Crippen molar-refractivity contribution < 1.29 is 18.3 Å². The fourth-order valence-corrected chi connectivity index (χ4v) is 5.43. The van der Waals surface area contributed by atoms with Crippen molar-refractivity contribution >= 4 is 10.9 Å². The molecule has 6 aromatic rings. The minimum absolute atomic E-state index is 0.0514. The third-order valence-electron chi connectivity index (χ3n) is 7.67. The fourth-order valence-electron chi connectivity index (χ4n) is 5.43. The summed E-state index contributed by atoms with van der Waals surface area (Å²) < 4.78 is 41.6. The first-order valence-electron chi connectivity index (χ1n) is 13.7. The molecule has 2 N–H and O–H groups in total. The highest BCUT2D eigenvalue weighted by Gasteiger charge is 2.39. The number of benzene rings is 2. The number of fused-ring (bicyclic) bond motifs is 1. The van der Waals surface area contributed by atoms with E-state index in [2.05, 4.69) is 37.2 Å². The first kappa shape index (κ1) is 29.2. The molecule has 1 atom stereocenters. The Hall–Kier alpha value is -5.85. The number of imidazole rings is 1. The van der Waals surface area contributed by atoms with Crippen molar-refractivity contribution in [3.05, 3.63) is 136 Å². The van der Waals surface area contributed by atoms with E-state index in [1.807, 2.05) is 36.5 Å². The van der Waals surface area contributed by atoms with Gasteiger partial charge in [-0.1, -0.05) is 24.3 Å². The Labute approximate surface area is 254 Å². The molecule has 2 aromatic carbocycles. The Kier molecular flexibility index (Phi) is 7.15. The van der Waals surface area contributed by atoms with Gasteiger partial charge in [-0.3, -0.25) is 4.98 Å². The van der Waals surface area contributed by atoms with Crippen LogP contribution in [0.3, 0.4) is 0 Å². The van der Waals surface area contributed by atoms with Crippen molar-refractivity contribution in [1.29, 1.82) is 10.5 Å². The highest BCUT2D eigenvalue weighted by atomic mass is 19.4. The lowest BCUT2D eigenvalue weighted by Gasteiger charge is -2.29. The van der Waals surface area contributed by atoms with Crippen molar-refractivity contribution in [3.63, 3.8) is 0 Å². The molecular formula is C33H23F3N8O. The smallest absolute Gasteiger partial charge is 0.374 e. The number of nitrogens with one attached hydrogen (secondary N) is 1. The molecule has 1 unspecified atom stereocenters. The summed E-state index contributed by atoms with van der Waals surface area (Å²) in [6.45, 7) is 3.40. The number of aromatic nitrogens is 6. The van der Waals surface area contributed by atoms with E-state index in [4.69, 9.17) is 0 Å². The van der Waals surface area contributed by atoms with Crippen LogP contribution in [0.2, 0.25) is 0 Å². The van der Waals surface area contributed by atoms with Crippen LogP contribution in [0.5, 0.6) is 0 Å². The highest BCUT2D eigenvalue weighted by molar-refractivity contribution is 5.90. The zero-order valence-electron chi connectivity index (χ0n) is 23.9. The van der Waals surface area contributed by atoms with Gasteiger partial charge in [-0.05, 0) is 60.9 Å². The van der Waals surface area contributed by atoms with E-state index in [1.54, 1.807) is 36.9 Å². The number of aromatic amines is 1. The maximum Gasteiger partial charge on any atom is 0.433 e. The van der Waals surface area contributed by atoms with Crippen LogP contribution in [0.25, 0.3) is 16.6 Å². The molecule has 222 valence electrons. The van der Waals surface area contributed by atoms with E-state index in [0.717, 1.165) is 29.6 Å². The zero-order valence-corrected chi connectivity index (χ0v) is 23.9. The SMILES string of the molecule is Cc1ncc(C(O)(c2ccc(C(F)(F)F)nc2)c2cc(C)c3nc(C#N)c(Cc4ccc(-n5cccn5)cc4)c(C#N)c3c2)[nH]1. The topological polar surface area (TPSA) is 140 Å². The number of nitrogens with zero attached hydrogens (tertiary/aromatic N) is 7. The summed E-state index contributed by atoms with van der Waals surface area (Å²) in [5.41, 5.74) is 0.659. The maximum absolute atomic E-state index is 13.3. The van der Waals surface area contributed by atoms with Crippen LogP contribution >= 0.6 is 0 Å². The van der Waals surface area contributed by atoms with Crippen LogP contribution in [0.15, 0.2) is 79.4 Å². The van der Waals surface area contributed by atoms with Gasteiger partial charge < -0.3 is 10.1 Å². The van der Waals surface area contributed by atoms with Gasteiger partial charge in [0, 0.05) is 41.5 Å². The van der Waals surface area contributed by atoms with Crippen molar-refractivity contribution in [2.75, 3.05) is 0 Å². The molecular weight excluding hydrogens is 581 g/mol. The van der Waals surface area contributed by atoms with Gasteiger partial charge in [-0.15, -0.1) is 0 Å². The number of aryl methyl sites for hydroxylation is 2. The average Bonchev–Trinajstić information content (AvgIpc) is 3.73. The van der Waals surface area contributed by atoms with Gasteiger partial charge in [0.05, 0.1) is 28.7 Å². The summed E-state index contributed by atoms with van der Waals surface area (Å²) in [6, 6.07) is 18.8. The molecule has 12 heteroatoms. The largest absolute Gasteiger partial charge is 0.433 e. The molecule has 45 heavy (non-hydrogen) atoms. The van der Waals surface area contributed by atoms with Gasteiger partial charge in [0.2, 0.25) is 0 Å². The van der Waals surface area contributed by atoms with E-state index < -0.39 is 17.5 Å². The number of hydrogen-bond acceptors (Lipinski definition) is 7. The van der Waals surface area contributed by atoms with E-state index in [1.165, 1.54) is 6.20 Å². The van der Waals surface area contributed by atoms with Crippen LogP contribution in [0.4, 0.5) is 13.2 Å². The summed E-state index contributed by atoms with van der Waals surface area (Å²) in [6.07, 6.45) is 1.42. The van der Waals surface area contributed by atoms with Gasteiger partial charge in [-0.2, -0.15) is 28.8 Å². The Bertz CT molecular complexity index is 2120. The van der Waals surface area contributed by atoms with E-state index >= 15 is 0 Å². The first-order chi connectivity index (χ1) is 21.5.